The molecule has 1 aromatic carbocycles. The van der Waals surface area contributed by atoms with Gasteiger partial charge in [0.2, 0.25) is 0 Å². The Balaban J connectivity index is 3.02. The van der Waals surface area contributed by atoms with Crippen molar-refractivity contribution >= 4 is 5.82 Å². The smallest absolute Gasteiger partial charge is 0.268 e. The molecule has 0 atom stereocenters. The van der Waals surface area contributed by atoms with Gasteiger partial charge >= 0.3 is 0 Å². The molecule has 0 aliphatic heterocycles. The van der Waals surface area contributed by atoms with Crippen LogP contribution in [-0.4, -0.2) is 4.98 Å². The fourth-order valence-electron chi connectivity index (χ4n) is 1.95. The topological polar surface area (TPSA) is 106 Å². The Hall–Kier alpha value is -3.56. The third-order valence-corrected chi connectivity index (χ3v) is 2.89. The van der Waals surface area contributed by atoms with Crippen LogP contribution in [0.5, 0.6) is 0 Å². The van der Waals surface area contributed by atoms with Crippen molar-refractivity contribution in [3.63, 3.8) is 0 Å². The number of aromatic nitrogens is 1. The van der Waals surface area contributed by atoms with E-state index in [2.05, 4.69) is 10.9 Å². The van der Waals surface area contributed by atoms with Gasteiger partial charge in [-0.2, -0.15) is 10.5 Å². The second-order valence-corrected chi connectivity index (χ2v) is 4.03. The predicted octanol–water partition coefficient (Wildman–Crippen LogP) is 1.49. The number of nitrogens with zero attached hydrogens (tertiary/aromatic N) is 2. The van der Waals surface area contributed by atoms with E-state index in [1.807, 2.05) is 0 Å². The quantitative estimate of drug-likeness (QED) is 0.770. The summed E-state index contributed by atoms with van der Waals surface area (Å²) in [6.07, 6.45) is 5.19. The van der Waals surface area contributed by atoms with Gasteiger partial charge in [0, 0.05) is 11.1 Å². The zero-order chi connectivity index (χ0) is 15.6. The number of aromatic amines is 1. The van der Waals surface area contributed by atoms with E-state index in [0.717, 1.165) is 0 Å². The Morgan fingerprint density at radius 1 is 1.24 bits per heavy atom. The van der Waals surface area contributed by atoms with Crippen molar-refractivity contribution in [3.05, 3.63) is 51.1 Å². The molecule has 0 aliphatic rings. The fourth-order valence-corrected chi connectivity index (χ4v) is 1.95. The number of H-pyrrole nitrogens is 1. The van der Waals surface area contributed by atoms with Crippen LogP contribution >= 0.6 is 0 Å². The van der Waals surface area contributed by atoms with Gasteiger partial charge in [-0.1, -0.05) is 18.1 Å². The van der Waals surface area contributed by atoms with Gasteiger partial charge in [0.1, 0.15) is 34.9 Å². The van der Waals surface area contributed by atoms with Crippen molar-refractivity contribution in [1.29, 1.82) is 10.5 Å². The highest BCUT2D eigenvalue weighted by Crippen LogP contribution is 2.31. The first kappa shape index (κ1) is 13.9. The molecule has 0 bridgehead atoms. The van der Waals surface area contributed by atoms with Crippen LogP contribution < -0.4 is 11.3 Å². The molecule has 3 N–H and O–H groups in total. The van der Waals surface area contributed by atoms with Crippen LogP contribution in [0.15, 0.2) is 23.0 Å². The first-order valence-corrected chi connectivity index (χ1v) is 5.66. The van der Waals surface area contributed by atoms with Crippen LogP contribution in [0.3, 0.4) is 0 Å². The SMILES string of the molecule is C#Cc1cccc(-c2c(C#N)c(N)[nH]c(=O)c2C#N)c1F. The minimum absolute atomic E-state index is 0.0425. The molecule has 1 heterocycles. The molecule has 100 valence electrons. The van der Waals surface area contributed by atoms with Gasteiger partial charge in [-0.3, -0.25) is 4.79 Å². The molecule has 0 unspecified atom stereocenters. The van der Waals surface area contributed by atoms with Crippen LogP contribution in [0.1, 0.15) is 16.7 Å². The molecule has 0 amide bonds. The van der Waals surface area contributed by atoms with Crippen molar-refractivity contribution in [2.24, 2.45) is 0 Å². The van der Waals surface area contributed by atoms with Gasteiger partial charge < -0.3 is 10.7 Å². The lowest BCUT2D eigenvalue weighted by Crippen LogP contribution is -2.16. The van der Waals surface area contributed by atoms with E-state index < -0.39 is 16.9 Å². The van der Waals surface area contributed by atoms with Gasteiger partial charge in [0.05, 0.1) is 5.56 Å². The van der Waals surface area contributed by atoms with E-state index in [4.69, 9.17) is 22.7 Å². The third-order valence-electron chi connectivity index (χ3n) is 2.89. The Labute approximate surface area is 119 Å². The van der Waals surface area contributed by atoms with Crippen molar-refractivity contribution in [2.75, 3.05) is 5.73 Å². The summed E-state index contributed by atoms with van der Waals surface area (Å²) in [5.41, 5.74) is 3.88. The van der Waals surface area contributed by atoms with Crippen molar-refractivity contribution < 1.29 is 4.39 Å². The number of terminal acetylenes is 1. The summed E-state index contributed by atoms with van der Waals surface area (Å²) in [5.74, 6) is 1.12. The third kappa shape index (κ3) is 2.10. The molecule has 21 heavy (non-hydrogen) atoms. The van der Waals surface area contributed by atoms with Gasteiger partial charge in [-0.05, 0) is 6.07 Å². The number of rotatable bonds is 1. The van der Waals surface area contributed by atoms with Crippen LogP contribution in [0.4, 0.5) is 10.2 Å². The molecular weight excluding hydrogens is 271 g/mol. The van der Waals surface area contributed by atoms with Crippen molar-refractivity contribution in [2.45, 2.75) is 0 Å². The highest BCUT2D eigenvalue weighted by Gasteiger charge is 2.21. The maximum atomic E-state index is 14.3. The van der Waals surface area contributed by atoms with Gasteiger partial charge in [-0.25, -0.2) is 4.39 Å². The molecule has 1 aromatic heterocycles. The van der Waals surface area contributed by atoms with Crippen LogP contribution in [0.2, 0.25) is 0 Å². The van der Waals surface area contributed by atoms with Crippen LogP contribution in [-0.2, 0) is 0 Å². The predicted molar refractivity (Wildman–Crippen MR) is 74.2 cm³/mol. The summed E-state index contributed by atoms with van der Waals surface area (Å²) >= 11 is 0. The number of nitrogens with one attached hydrogen (secondary N) is 1. The highest BCUT2D eigenvalue weighted by atomic mass is 19.1. The average Bonchev–Trinajstić information content (AvgIpc) is 2.47. The number of benzene rings is 1. The average molecular weight is 278 g/mol. The van der Waals surface area contributed by atoms with Gasteiger partial charge in [0.15, 0.2) is 0 Å². The second-order valence-electron chi connectivity index (χ2n) is 4.03. The van der Waals surface area contributed by atoms with E-state index in [1.54, 1.807) is 12.1 Å². The van der Waals surface area contributed by atoms with E-state index in [1.165, 1.54) is 18.2 Å². The van der Waals surface area contributed by atoms with Crippen molar-refractivity contribution in [1.82, 2.24) is 4.98 Å². The summed E-state index contributed by atoms with van der Waals surface area (Å²) in [4.78, 5) is 14.0. The summed E-state index contributed by atoms with van der Waals surface area (Å²) in [5, 5.41) is 18.3. The molecule has 2 rings (SSSR count). The molecule has 2 aromatic rings. The Morgan fingerprint density at radius 3 is 2.48 bits per heavy atom. The number of nitrogen functional groups attached to an aromatic ring is 1. The Morgan fingerprint density at radius 2 is 1.90 bits per heavy atom. The monoisotopic (exact) mass is 278 g/mol. The van der Waals surface area contributed by atoms with Crippen LogP contribution in [0, 0.1) is 40.8 Å². The number of pyridine rings is 1. The molecule has 0 fully saturated rings. The maximum absolute atomic E-state index is 14.3. The number of nitriles is 2. The van der Waals surface area contributed by atoms with Crippen LogP contribution in [0.25, 0.3) is 11.1 Å². The highest BCUT2D eigenvalue weighted by molar-refractivity contribution is 5.81. The lowest BCUT2D eigenvalue weighted by molar-refractivity contribution is 0.628. The van der Waals surface area contributed by atoms with E-state index in [-0.39, 0.29) is 28.1 Å². The van der Waals surface area contributed by atoms with E-state index in [0.29, 0.717) is 0 Å². The summed E-state index contributed by atoms with van der Waals surface area (Å²) in [6.45, 7) is 0. The zero-order valence-electron chi connectivity index (χ0n) is 10.6. The zero-order valence-corrected chi connectivity index (χ0v) is 10.6. The Kier molecular flexibility index (Phi) is 3.44. The Bertz CT molecular complexity index is 923. The van der Waals surface area contributed by atoms with E-state index in [9.17, 15) is 9.18 Å². The molecule has 0 saturated heterocycles. The molecular formula is C15H7FN4O. The maximum Gasteiger partial charge on any atom is 0.268 e. The number of hydrogen-bond donors (Lipinski definition) is 2. The number of anilines is 1. The lowest BCUT2D eigenvalue weighted by atomic mass is 9.95. The largest absolute Gasteiger partial charge is 0.384 e. The molecule has 0 aliphatic carbocycles. The summed E-state index contributed by atoms with van der Waals surface area (Å²) in [7, 11) is 0. The number of halogens is 1. The summed E-state index contributed by atoms with van der Waals surface area (Å²) < 4.78 is 14.3. The first-order valence-electron chi connectivity index (χ1n) is 5.66. The molecule has 0 spiro atoms. The van der Waals surface area contributed by atoms with E-state index >= 15 is 0 Å². The second kappa shape index (κ2) is 5.21. The molecule has 6 heteroatoms. The number of nitrogens with two attached hydrogens (primary N) is 1. The first-order chi connectivity index (χ1) is 10.0. The van der Waals surface area contributed by atoms with Gasteiger partial charge in [-0.15, -0.1) is 6.42 Å². The number of hydrogen-bond acceptors (Lipinski definition) is 4. The lowest BCUT2D eigenvalue weighted by Gasteiger charge is -2.10. The van der Waals surface area contributed by atoms with Crippen molar-refractivity contribution in [3.8, 4) is 35.6 Å². The molecule has 5 nitrogen and oxygen atoms in total. The molecule has 0 radical (unpaired) electrons. The minimum Gasteiger partial charge on any atom is -0.384 e. The van der Waals surface area contributed by atoms with Gasteiger partial charge in [0.25, 0.3) is 5.56 Å². The summed E-state index contributed by atoms with van der Waals surface area (Å²) in [6, 6.07) is 7.58. The molecule has 0 saturated carbocycles. The minimum atomic E-state index is -0.797. The normalized spacial score (nSPS) is 9.43. The fraction of sp³-hybridized carbons (Fsp3) is 0. The standard InChI is InChI=1S/C15H7FN4O/c1-2-8-4-3-5-9(13(8)16)12-10(6-17)14(19)20-15(21)11(12)7-18/h1,3-5H,(H3,19,20,21).